The van der Waals surface area contributed by atoms with Crippen LogP contribution in [0.25, 0.3) is 10.8 Å². The van der Waals surface area contributed by atoms with Gasteiger partial charge in [-0.25, -0.2) is 12.7 Å². The number of benzene rings is 3. The maximum atomic E-state index is 12.2. The Morgan fingerprint density at radius 2 is 1.33 bits per heavy atom. The van der Waals surface area contributed by atoms with Gasteiger partial charge in [0.15, 0.2) is 0 Å². The van der Waals surface area contributed by atoms with Gasteiger partial charge in [0, 0.05) is 0 Å². The van der Waals surface area contributed by atoms with E-state index in [9.17, 15) is 8.42 Å². The molecule has 0 aliphatic heterocycles. The van der Waals surface area contributed by atoms with Gasteiger partial charge in [-0.1, -0.05) is 48.5 Å². The molecule has 3 rings (SSSR count). The molecule has 0 atom stereocenters. The summed E-state index contributed by atoms with van der Waals surface area (Å²) in [5.74, 6) is 0. The molecule has 3 aromatic rings. The number of fused-ring (bicyclic) bond motifs is 1. The molecule has 0 unspecified atom stereocenters. The molecule has 106 valence electrons. The summed E-state index contributed by atoms with van der Waals surface area (Å²) in [6.07, 6.45) is 1.22. The molecule has 0 fully saturated rings. The molecular weight excluding hydrogens is 282 g/mol. The largest absolute Gasteiger partial charge is 0.239 e. The van der Waals surface area contributed by atoms with Crippen LogP contribution in [0, 0.1) is 0 Å². The highest BCUT2D eigenvalue weighted by molar-refractivity contribution is 7.92. The van der Waals surface area contributed by atoms with E-state index in [1.54, 1.807) is 12.1 Å². The first kappa shape index (κ1) is 13.6. The minimum Gasteiger partial charge on any atom is -0.239 e. The topological polar surface area (TPSA) is 37.4 Å². The van der Waals surface area contributed by atoms with Crippen molar-refractivity contribution in [3.8, 4) is 0 Å². The third-order valence-corrected chi connectivity index (χ3v) is 4.37. The minimum atomic E-state index is -3.41. The van der Waals surface area contributed by atoms with E-state index in [2.05, 4.69) is 0 Å². The zero-order chi connectivity index (χ0) is 14.9. The van der Waals surface area contributed by atoms with Gasteiger partial charge in [-0.05, 0) is 35.0 Å². The predicted molar refractivity (Wildman–Crippen MR) is 87.4 cm³/mol. The summed E-state index contributed by atoms with van der Waals surface area (Å²) < 4.78 is 25.7. The number of hydrogen-bond donors (Lipinski definition) is 0. The van der Waals surface area contributed by atoms with Gasteiger partial charge in [0.1, 0.15) is 0 Å². The third-order valence-electron chi connectivity index (χ3n) is 3.29. The number of rotatable bonds is 3. The van der Waals surface area contributed by atoms with E-state index in [-0.39, 0.29) is 0 Å². The van der Waals surface area contributed by atoms with Crippen LogP contribution in [-0.2, 0) is 10.0 Å². The van der Waals surface area contributed by atoms with E-state index < -0.39 is 10.0 Å². The van der Waals surface area contributed by atoms with Crippen molar-refractivity contribution in [2.45, 2.75) is 0 Å². The molecule has 0 saturated carbocycles. The molecule has 0 aliphatic carbocycles. The molecule has 3 nitrogen and oxygen atoms in total. The van der Waals surface area contributed by atoms with Gasteiger partial charge >= 0.3 is 0 Å². The molecular formula is C17H15NO2S. The molecule has 0 saturated heterocycles. The summed E-state index contributed by atoms with van der Waals surface area (Å²) in [7, 11) is -3.41. The Kier molecular flexibility index (Phi) is 3.39. The van der Waals surface area contributed by atoms with Gasteiger partial charge in [-0.2, -0.15) is 0 Å². The first-order valence-electron chi connectivity index (χ1n) is 6.60. The van der Waals surface area contributed by atoms with Crippen LogP contribution in [0.3, 0.4) is 0 Å². The smallest absolute Gasteiger partial charge is 0.236 e. The van der Waals surface area contributed by atoms with E-state index in [4.69, 9.17) is 0 Å². The van der Waals surface area contributed by atoms with Crippen molar-refractivity contribution in [1.29, 1.82) is 0 Å². The zero-order valence-electron chi connectivity index (χ0n) is 11.6. The summed E-state index contributed by atoms with van der Waals surface area (Å²) >= 11 is 0. The molecule has 0 radical (unpaired) electrons. The number of para-hydroxylation sites is 1. The quantitative estimate of drug-likeness (QED) is 0.734. The highest BCUT2D eigenvalue weighted by Gasteiger charge is 2.19. The number of nitrogens with zero attached hydrogens (tertiary/aromatic N) is 1. The summed E-state index contributed by atoms with van der Waals surface area (Å²) in [6, 6.07) is 22.6. The second-order valence-electron chi connectivity index (χ2n) is 4.89. The highest BCUT2D eigenvalue weighted by Crippen LogP contribution is 2.30. The maximum Gasteiger partial charge on any atom is 0.236 e. The second-order valence-corrected chi connectivity index (χ2v) is 6.73. The summed E-state index contributed by atoms with van der Waals surface area (Å²) in [4.78, 5) is 0. The van der Waals surface area contributed by atoms with Crippen molar-refractivity contribution < 1.29 is 8.42 Å². The number of anilines is 2. The lowest BCUT2D eigenvalue weighted by atomic mass is 10.1. The van der Waals surface area contributed by atoms with Crippen LogP contribution in [0.2, 0.25) is 0 Å². The summed E-state index contributed by atoms with van der Waals surface area (Å²) in [5, 5.41) is 2.10. The van der Waals surface area contributed by atoms with Crippen LogP contribution in [0.4, 0.5) is 11.4 Å². The average molecular weight is 297 g/mol. The minimum absolute atomic E-state index is 0.635. The van der Waals surface area contributed by atoms with Crippen molar-refractivity contribution in [3.05, 3.63) is 72.8 Å². The van der Waals surface area contributed by atoms with Gasteiger partial charge in [0.25, 0.3) is 0 Å². The van der Waals surface area contributed by atoms with Crippen molar-refractivity contribution in [1.82, 2.24) is 0 Å². The van der Waals surface area contributed by atoms with E-state index in [1.165, 1.54) is 10.6 Å². The van der Waals surface area contributed by atoms with E-state index in [0.29, 0.717) is 11.4 Å². The SMILES string of the molecule is CS(=O)(=O)N(c1ccccc1)c1ccc2ccccc2c1. The fraction of sp³-hybridized carbons (Fsp3) is 0.0588. The fourth-order valence-electron chi connectivity index (χ4n) is 2.40. The monoisotopic (exact) mass is 297 g/mol. The van der Waals surface area contributed by atoms with Gasteiger partial charge in [-0.3, -0.25) is 0 Å². The summed E-state index contributed by atoms with van der Waals surface area (Å²) in [5.41, 5.74) is 1.28. The first-order valence-corrected chi connectivity index (χ1v) is 8.45. The van der Waals surface area contributed by atoms with Crippen LogP contribution < -0.4 is 4.31 Å². The van der Waals surface area contributed by atoms with Gasteiger partial charge in [0.05, 0.1) is 17.6 Å². The molecule has 0 N–H and O–H groups in total. The maximum absolute atomic E-state index is 12.2. The van der Waals surface area contributed by atoms with E-state index >= 15 is 0 Å². The van der Waals surface area contributed by atoms with Crippen LogP contribution in [-0.4, -0.2) is 14.7 Å². The molecule has 0 heterocycles. The van der Waals surface area contributed by atoms with Crippen LogP contribution in [0.5, 0.6) is 0 Å². The molecule has 0 amide bonds. The Morgan fingerprint density at radius 3 is 2.00 bits per heavy atom. The third kappa shape index (κ3) is 2.76. The molecule has 0 bridgehead atoms. The molecule has 4 heteroatoms. The molecule has 21 heavy (non-hydrogen) atoms. The van der Waals surface area contributed by atoms with Crippen molar-refractivity contribution >= 4 is 32.2 Å². The molecule has 3 aromatic carbocycles. The van der Waals surface area contributed by atoms with Crippen LogP contribution in [0.1, 0.15) is 0 Å². The Labute approximate surface area is 124 Å². The van der Waals surface area contributed by atoms with Crippen LogP contribution >= 0.6 is 0 Å². The Balaban J connectivity index is 2.20. The standard InChI is InChI=1S/C17H15NO2S/c1-21(19,20)18(16-9-3-2-4-10-16)17-12-11-14-7-5-6-8-15(14)13-17/h2-13H,1H3. The molecule has 0 aromatic heterocycles. The zero-order valence-corrected chi connectivity index (χ0v) is 12.4. The normalized spacial score (nSPS) is 11.5. The molecule has 0 spiro atoms. The average Bonchev–Trinajstić information content (AvgIpc) is 2.47. The van der Waals surface area contributed by atoms with Gasteiger partial charge in [0.2, 0.25) is 10.0 Å². The highest BCUT2D eigenvalue weighted by atomic mass is 32.2. The Morgan fingerprint density at radius 1 is 0.714 bits per heavy atom. The second kappa shape index (κ2) is 5.22. The van der Waals surface area contributed by atoms with E-state index in [0.717, 1.165) is 10.8 Å². The first-order chi connectivity index (χ1) is 10.1. The van der Waals surface area contributed by atoms with Crippen molar-refractivity contribution in [2.24, 2.45) is 0 Å². The lowest BCUT2D eigenvalue weighted by Crippen LogP contribution is -2.24. The lowest BCUT2D eigenvalue weighted by Gasteiger charge is -2.22. The number of hydrogen-bond acceptors (Lipinski definition) is 2. The predicted octanol–water partition coefficient (Wildman–Crippen LogP) is 3.94. The van der Waals surface area contributed by atoms with Gasteiger partial charge < -0.3 is 0 Å². The number of sulfonamides is 1. The lowest BCUT2D eigenvalue weighted by molar-refractivity contribution is 0.602. The molecule has 0 aliphatic rings. The van der Waals surface area contributed by atoms with Crippen molar-refractivity contribution in [3.63, 3.8) is 0 Å². The Bertz CT molecular complexity index is 873. The van der Waals surface area contributed by atoms with Crippen LogP contribution in [0.15, 0.2) is 72.8 Å². The summed E-state index contributed by atoms with van der Waals surface area (Å²) in [6.45, 7) is 0. The van der Waals surface area contributed by atoms with E-state index in [1.807, 2.05) is 60.7 Å². The fourth-order valence-corrected chi connectivity index (χ4v) is 3.40. The van der Waals surface area contributed by atoms with Crippen molar-refractivity contribution in [2.75, 3.05) is 10.6 Å². The Hall–Kier alpha value is -2.33. The van der Waals surface area contributed by atoms with Gasteiger partial charge in [-0.15, -0.1) is 0 Å².